The van der Waals surface area contributed by atoms with E-state index in [1.54, 1.807) is 54.4 Å². The molecule has 0 aliphatic carbocycles. The van der Waals surface area contributed by atoms with Crippen molar-refractivity contribution in [3.63, 3.8) is 0 Å². The van der Waals surface area contributed by atoms with Crippen LogP contribution in [-0.2, 0) is 0 Å². The first-order chi connectivity index (χ1) is 13.5. The molecule has 1 N–H and O–H groups in total. The van der Waals surface area contributed by atoms with E-state index in [4.69, 9.17) is 16.3 Å². The van der Waals surface area contributed by atoms with Gasteiger partial charge >= 0.3 is 0 Å². The minimum atomic E-state index is -0.335. The largest absolute Gasteiger partial charge is 0.495 e. The van der Waals surface area contributed by atoms with Gasteiger partial charge in [-0.2, -0.15) is 0 Å². The van der Waals surface area contributed by atoms with E-state index in [9.17, 15) is 9.59 Å². The number of rotatable bonds is 5. The van der Waals surface area contributed by atoms with Crippen LogP contribution in [0.15, 0.2) is 72.8 Å². The molecular formula is C22H19ClN2O3. The van der Waals surface area contributed by atoms with Crippen molar-refractivity contribution in [1.82, 2.24) is 0 Å². The van der Waals surface area contributed by atoms with Crippen LogP contribution in [-0.4, -0.2) is 26.0 Å². The molecule has 0 heterocycles. The molecule has 0 aromatic heterocycles. The molecule has 3 aromatic carbocycles. The van der Waals surface area contributed by atoms with Crippen molar-refractivity contribution in [2.45, 2.75) is 0 Å². The highest BCUT2D eigenvalue weighted by Crippen LogP contribution is 2.27. The molecule has 142 valence electrons. The van der Waals surface area contributed by atoms with Gasteiger partial charge in [-0.05, 0) is 48.5 Å². The minimum Gasteiger partial charge on any atom is -0.495 e. The van der Waals surface area contributed by atoms with Crippen LogP contribution in [0.25, 0.3) is 0 Å². The summed E-state index contributed by atoms with van der Waals surface area (Å²) in [5.41, 5.74) is 2.11. The van der Waals surface area contributed by atoms with Gasteiger partial charge in [0, 0.05) is 29.5 Å². The number of para-hydroxylation sites is 1. The first-order valence-electron chi connectivity index (χ1n) is 8.57. The number of carbonyl (C=O) groups excluding carboxylic acids is 2. The summed E-state index contributed by atoms with van der Waals surface area (Å²) < 4.78 is 5.10. The molecule has 2 amide bonds. The predicted octanol–water partition coefficient (Wildman–Crippen LogP) is 4.88. The summed E-state index contributed by atoms with van der Waals surface area (Å²) >= 11 is 6.09. The van der Waals surface area contributed by atoms with E-state index in [1.807, 2.05) is 30.3 Å². The summed E-state index contributed by atoms with van der Waals surface area (Å²) in [6, 6.07) is 20.9. The maximum atomic E-state index is 12.8. The Bertz CT molecular complexity index is 1010. The molecule has 3 aromatic rings. The third kappa shape index (κ3) is 4.32. The van der Waals surface area contributed by atoms with E-state index in [-0.39, 0.29) is 11.8 Å². The zero-order chi connectivity index (χ0) is 20.1. The number of methoxy groups -OCH3 is 1. The van der Waals surface area contributed by atoms with Gasteiger partial charge in [0.25, 0.3) is 11.8 Å². The van der Waals surface area contributed by atoms with Crippen LogP contribution >= 0.6 is 11.6 Å². The third-order valence-corrected chi connectivity index (χ3v) is 4.52. The third-order valence-electron chi connectivity index (χ3n) is 4.23. The highest BCUT2D eigenvalue weighted by atomic mass is 35.5. The Morgan fingerprint density at radius 2 is 1.64 bits per heavy atom. The molecule has 0 fully saturated rings. The highest BCUT2D eigenvalue weighted by Gasteiger charge is 2.16. The second kappa shape index (κ2) is 8.59. The number of nitrogens with one attached hydrogen (secondary N) is 1. The Balaban J connectivity index is 1.78. The molecule has 28 heavy (non-hydrogen) atoms. The number of hydrogen-bond acceptors (Lipinski definition) is 3. The molecule has 0 saturated carbocycles. The molecule has 0 unspecified atom stereocenters. The lowest BCUT2D eigenvalue weighted by Gasteiger charge is -2.17. The van der Waals surface area contributed by atoms with Gasteiger partial charge in [0.1, 0.15) is 5.75 Å². The van der Waals surface area contributed by atoms with E-state index >= 15 is 0 Å². The predicted molar refractivity (Wildman–Crippen MR) is 112 cm³/mol. The van der Waals surface area contributed by atoms with Gasteiger partial charge in [-0.3, -0.25) is 9.59 Å². The van der Waals surface area contributed by atoms with E-state index in [2.05, 4.69) is 5.32 Å². The second-order valence-corrected chi connectivity index (χ2v) is 6.49. The van der Waals surface area contributed by atoms with Crippen molar-refractivity contribution in [1.29, 1.82) is 0 Å². The van der Waals surface area contributed by atoms with Crippen molar-refractivity contribution in [2.75, 3.05) is 24.4 Å². The number of benzene rings is 3. The molecule has 0 spiro atoms. The van der Waals surface area contributed by atoms with E-state index in [1.165, 1.54) is 7.11 Å². The number of amides is 2. The quantitative estimate of drug-likeness (QED) is 0.671. The normalized spacial score (nSPS) is 10.2. The maximum absolute atomic E-state index is 12.8. The lowest BCUT2D eigenvalue weighted by atomic mass is 10.1. The van der Waals surface area contributed by atoms with Crippen LogP contribution in [0.3, 0.4) is 0 Å². The van der Waals surface area contributed by atoms with E-state index < -0.39 is 0 Å². The fourth-order valence-corrected chi connectivity index (χ4v) is 2.96. The number of nitrogens with zero attached hydrogens (tertiary/aromatic N) is 1. The molecule has 0 aliphatic rings. The Labute approximate surface area is 168 Å². The first-order valence-corrected chi connectivity index (χ1v) is 8.95. The maximum Gasteiger partial charge on any atom is 0.258 e. The molecule has 3 rings (SSSR count). The fraction of sp³-hybridized carbons (Fsp3) is 0.0909. The van der Waals surface area contributed by atoms with Crippen molar-refractivity contribution in [3.8, 4) is 5.75 Å². The molecule has 0 saturated heterocycles. The SMILES string of the molecule is COc1ccc(NC(=O)c2cccc(C(=O)N(C)c3ccccc3)c2)cc1Cl. The Hall–Kier alpha value is -3.31. The molecule has 6 heteroatoms. The number of carbonyl (C=O) groups is 2. The van der Waals surface area contributed by atoms with Crippen LogP contribution < -0.4 is 15.0 Å². The summed E-state index contributed by atoms with van der Waals surface area (Å²) in [6.07, 6.45) is 0. The van der Waals surface area contributed by atoms with Crippen LogP contribution in [0.2, 0.25) is 5.02 Å². The van der Waals surface area contributed by atoms with Crippen molar-refractivity contribution in [2.24, 2.45) is 0 Å². The lowest BCUT2D eigenvalue weighted by molar-refractivity contribution is 0.0993. The average molecular weight is 395 g/mol. The highest BCUT2D eigenvalue weighted by molar-refractivity contribution is 6.32. The summed E-state index contributed by atoms with van der Waals surface area (Å²) in [5.74, 6) is -0.0113. The van der Waals surface area contributed by atoms with Crippen LogP contribution in [0.1, 0.15) is 20.7 Å². The summed E-state index contributed by atoms with van der Waals surface area (Å²) in [6.45, 7) is 0. The van der Waals surface area contributed by atoms with Gasteiger partial charge < -0.3 is 15.0 Å². The lowest BCUT2D eigenvalue weighted by Crippen LogP contribution is -2.26. The summed E-state index contributed by atoms with van der Waals surface area (Å²) in [4.78, 5) is 26.9. The van der Waals surface area contributed by atoms with E-state index in [0.717, 1.165) is 5.69 Å². The summed E-state index contributed by atoms with van der Waals surface area (Å²) in [5, 5.41) is 3.17. The van der Waals surface area contributed by atoms with Gasteiger partial charge in [0.05, 0.1) is 12.1 Å². The van der Waals surface area contributed by atoms with E-state index in [0.29, 0.717) is 27.6 Å². The van der Waals surface area contributed by atoms with Crippen molar-refractivity contribution < 1.29 is 14.3 Å². The number of anilines is 2. The number of hydrogen-bond donors (Lipinski definition) is 1. The zero-order valence-corrected chi connectivity index (χ0v) is 16.2. The fourth-order valence-electron chi connectivity index (χ4n) is 2.70. The Morgan fingerprint density at radius 1 is 0.929 bits per heavy atom. The molecule has 0 atom stereocenters. The van der Waals surface area contributed by atoms with Crippen molar-refractivity contribution >= 4 is 34.8 Å². The molecular weight excluding hydrogens is 376 g/mol. The molecule has 0 bridgehead atoms. The van der Waals surface area contributed by atoms with Crippen LogP contribution in [0.4, 0.5) is 11.4 Å². The Kier molecular flexibility index (Phi) is 5.96. The minimum absolute atomic E-state index is 0.201. The van der Waals surface area contributed by atoms with Gasteiger partial charge in [-0.25, -0.2) is 0 Å². The average Bonchev–Trinajstić information content (AvgIpc) is 2.73. The van der Waals surface area contributed by atoms with Crippen molar-refractivity contribution in [3.05, 3.63) is 88.9 Å². The van der Waals surface area contributed by atoms with Gasteiger partial charge in [-0.15, -0.1) is 0 Å². The van der Waals surface area contributed by atoms with Gasteiger partial charge in [-0.1, -0.05) is 35.9 Å². The number of ether oxygens (including phenoxy) is 1. The van der Waals surface area contributed by atoms with Gasteiger partial charge in [0.2, 0.25) is 0 Å². The molecule has 0 aliphatic heterocycles. The standard InChI is InChI=1S/C22H19ClN2O3/c1-25(18-9-4-3-5-10-18)22(27)16-8-6-7-15(13-16)21(26)24-17-11-12-20(28-2)19(23)14-17/h3-14H,1-2H3,(H,24,26). The smallest absolute Gasteiger partial charge is 0.258 e. The zero-order valence-electron chi connectivity index (χ0n) is 15.5. The Morgan fingerprint density at radius 3 is 2.32 bits per heavy atom. The van der Waals surface area contributed by atoms with Crippen LogP contribution in [0.5, 0.6) is 5.75 Å². The first kappa shape index (κ1) is 19.5. The molecule has 5 nitrogen and oxygen atoms in total. The monoisotopic (exact) mass is 394 g/mol. The summed E-state index contributed by atoms with van der Waals surface area (Å²) in [7, 11) is 3.22. The van der Waals surface area contributed by atoms with Crippen LogP contribution in [0, 0.1) is 0 Å². The molecule has 0 radical (unpaired) electrons. The number of halogens is 1. The van der Waals surface area contributed by atoms with Gasteiger partial charge in [0.15, 0.2) is 0 Å². The second-order valence-electron chi connectivity index (χ2n) is 6.08. The topological polar surface area (TPSA) is 58.6 Å².